The summed E-state index contributed by atoms with van der Waals surface area (Å²) in [6, 6.07) is 4.45. The molecule has 1 heterocycles. The van der Waals surface area contributed by atoms with E-state index >= 15 is 0 Å². The van der Waals surface area contributed by atoms with E-state index < -0.39 is 5.97 Å². The Labute approximate surface area is 115 Å². The van der Waals surface area contributed by atoms with Crippen LogP contribution in [0, 0.1) is 0 Å². The summed E-state index contributed by atoms with van der Waals surface area (Å²) in [5.74, 6) is -0.524. The van der Waals surface area contributed by atoms with Gasteiger partial charge < -0.3 is 20.7 Å². The van der Waals surface area contributed by atoms with Crippen LogP contribution in [0.3, 0.4) is 0 Å². The molecular weight excluding hydrogens is 270 g/mol. The lowest BCUT2D eigenvalue weighted by atomic mass is 10.2. The predicted octanol–water partition coefficient (Wildman–Crippen LogP) is 1.10. The van der Waals surface area contributed by atoms with Crippen molar-refractivity contribution >= 4 is 29.3 Å². The lowest BCUT2D eigenvalue weighted by Crippen LogP contribution is -2.31. The third kappa shape index (κ3) is 3.29. The molecule has 0 aromatic heterocycles. The molecule has 1 aliphatic rings. The number of hydrogen-bond acceptors (Lipinski definition) is 4. The molecule has 7 heteroatoms. The van der Waals surface area contributed by atoms with Gasteiger partial charge in [-0.2, -0.15) is 0 Å². The van der Waals surface area contributed by atoms with Gasteiger partial charge in [0.1, 0.15) is 6.61 Å². The zero-order valence-corrected chi connectivity index (χ0v) is 10.9. The van der Waals surface area contributed by atoms with Crippen molar-refractivity contribution in [2.75, 3.05) is 32.0 Å². The predicted molar refractivity (Wildman–Crippen MR) is 71.1 cm³/mol. The number of halogens is 1. The Balaban J connectivity index is 1.85. The zero-order chi connectivity index (χ0) is 13.8. The second-order valence-corrected chi connectivity index (χ2v) is 4.50. The Hall–Kier alpha value is -1.95. The van der Waals surface area contributed by atoms with E-state index in [0.717, 1.165) is 0 Å². The van der Waals surface area contributed by atoms with Crippen LogP contribution in [0.1, 0.15) is 10.4 Å². The van der Waals surface area contributed by atoms with E-state index in [1.165, 1.54) is 12.1 Å². The second kappa shape index (κ2) is 5.79. The third-order valence-electron chi connectivity index (χ3n) is 2.75. The van der Waals surface area contributed by atoms with Crippen molar-refractivity contribution in [3.8, 4) is 0 Å². The van der Waals surface area contributed by atoms with Gasteiger partial charge in [-0.3, -0.25) is 0 Å². The van der Waals surface area contributed by atoms with E-state index in [0.29, 0.717) is 25.3 Å². The molecule has 1 aromatic carbocycles. The molecule has 3 N–H and O–H groups in total. The molecule has 0 radical (unpaired) electrons. The average molecular weight is 284 g/mol. The maximum atomic E-state index is 11.8. The highest BCUT2D eigenvalue weighted by atomic mass is 35.5. The van der Waals surface area contributed by atoms with Crippen molar-refractivity contribution in [3.63, 3.8) is 0 Å². The Morgan fingerprint density at radius 1 is 1.53 bits per heavy atom. The summed E-state index contributed by atoms with van der Waals surface area (Å²) >= 11 is 5.90. The highest BCUT2D eigenvalue weighted by molar-refractivity contribution is 6.33. The summed E-state index contributed by atoms with van der Waals surface area (Å²) in [5, 5.41) is 2.92. The molecule has 0 bridgehead atoms. The highest BCUT2D eigenvalue weighted by Gasteiger charge is 2.19. The van der Waals surface area contributed by atoms with Gasteiger partial charge in [-0.25, -0.2) is 9.59 Å². The molecule has 0 spiro atoms. The van der Waals surface area contributed by atoms with Gasteiger partial charge in [-0.1, -0.05) is 11.6 Å². The number of anilines is 1. The van der Waals surface area contributed by atoms with E-state index in [9.17, 15) is 9.59 Å². The maximum absolute atomic E-state index is 11.8. The molecule has 6 nitrogen and oxygen atoms in total. The number of benzene rings is 1. The summed E-state index contributed by atoms with van der Waals surface area (Å²) in [4.78, 5) is 24.6. The first-order valence-electron chi connectivity index (χ1n) is 5.83. The minimum atomic E-state index is -0.524. The molecule has 1 aliphatic heterocycles. The maximum Gasteiger partial charge on any atom is 0.339 e. The molecule has 102 valence electrons. The molecular formula is C12H14ClN3O3. The van der Waals surface area contributed by atoms with E-state index in [2.05, 4.69) is 5.32 Å². The van der Waals surface area contributed by atoms with Crippen LogP contribution in [0.2, 0.25) is 5.02 Å². The van der Waals surface area contributed by atoms with E-state index in [1.807, 2.05) is 0 Å². The van der Waals surface area contributed by atoms with Crippen LogP contribution in [-0.4, -0.2) is 43.1 Å². The fraction of sp³-hybridized carbons (Fsp3) is 0.333. The number of esters is 1. The zero-order valence-electron chi connectivity index (χ0n) is 10.2. The van der Waals surface area contributed by atoms with Crippen LogP contribution in [0.25, 0.3) is 0 Å². The lowest BCUT2D eigenvalue weighted by Gasteiger charge is -2.14. The second-order valence-electron chi connectivity index (χ2n) is 4.09. The number of hydrogen-bond donors (Lipinski definition) is 2. The van der Waals surface area contributed by atoms with Crippen LogP contribution in [0.4, 0.5) is 10.5 Å². The van der Waals surface area contributed by atoms with E-state index in [1.54, 1.807) is 11.0 Å². The standard InChI is InChI=1S/C12H14ClN3O3/c13-10-7-8(14)1-2-9(10)11(17)19-6-5-16-4-3-15-12(16)18/h1-2,7H,3-6,14H2,(H,15,18). The Morgan fingerprint density at radius 2 is 2.32 bits per heavy atom. The van der Waals surface area contributed by atoms with Gasteiger partial charge >= 0.3 is 12.0 Å². The number of nitrogens with two attached hydrogens (primary N) is 1. The largest absolute Gasteiger partial charge is 0.460 e. The molecule has 19 heavy (non-hydrogen) atoms. The van der Waals surface area contributed by atoms with Gasteiger partial charge in [-0.05, 0) is 18.2 Å². The van der Waals surface area contributed by atoms with Crippen molar-refractivity contribution in [2.45, 2.75) is 0 Å². The number of carbonyl (C=O) groups is 2. The molecule has 0 unspecified atom stereocenters. The fourth-order valence-corrected chi connectivity index (χ4v) is 2.01. The Kier molecular flexibility index (Phi) is 4.11. The van der Waals surface area contributed by atoms with Crippen LogP contribution in [-0.2, 0) is 4.74 Å². The minimum absolute atomic E-state index is 0.132. The molecule has 2 amide bonds. The summed E-state index contributed by atoms with van der Waals surface area (Å²) < 4.78 is 5.07. The number of ether oxygens (including phenoxy) is 1. The fourth-order valence-electron chi connectivity index (χ4n) is 1.75. The van der Waals surface area contributed by atoms with Crippen molar-refractivity contribution < 1.29 is 14.3 Å². The molecule has 0 atom stereocenters. The first-order valence-corrected chi connectivity index (χ1v) is 6.20. The lowest BCUT2D eigenvalue weighted by molar-refractivity contribution is 0.0481. The van der Waals surface area contributed by atoms with Gasteiger partial charge in [0.05, 0.1) is 17.1 Å². The summed E-state index contributed by atoms with van der Waals surface area (Å²) in [7, 11) is 0. The first kappa shape index (κ1) is 13.5. The first-order chi connectivity index (χ1) is 9.08. The molecule has 1 aromatic rings. The van der Waals surface area contributed by atoms with Crippen LogP contribution in [0.15, 0.2) is 18.2 Å². The normalized spacial score (nSPS) is 14.4. The summed E-state index contributed by atoms with van der Waals surface area (Å²) in [6.45, 7) is 1.74. The topological polar surface area (TPSA) is 84.7 Å². The van der Waals surface area contributed by atoms with Crippen molar-refractivity contribution in [1.82, 2.24) is 10.2 Å². The minimum Gasteiger partial charge on any atom is -0.460 e. The van der Waals surface area contributed by atoms with Gasteiger partial charge in [0.25, 0.3) is 0 Å². The van der Waals surface area contributed by atoms with Crippen LogP contribution in [0.5, 0.6) is 0 Å². The summed E-state index contributed by atoms with van der Waals surface area (Å²) in [5.41, 5.74) is 6.29. The van der Waals surface area contributed by atoms with Gasteiger partial charge in [0, 0.05) is 18.8 Å². The number of carbonyl (C=O) groups excluding carboxylic acids is 2. The van der Waals surface area contributed by atoms with Gasteiger partial charge in [-0.15, -0.1) is 0 Å². The number of nitrogen functional groups attached to an aromatic ring is 1. The van der Waals surface area contributed by atoms with Crippen LogP contribution >= 0.6 is 11.6 Å². The molecule has 1 saturated heterocycles. The molecule has 1 fully saturated rings. The third-order valence-corrected chi connectivity index (χ3v) is 3.07. The quantitative estimate of drug-likeness (QED) is 0.640. The van der Waals surface area contributed by atoms with E-state index in [4.69, 9.17) is 22.1 Å². The number of nitrogens with zero attached hydrogens (tertiary/aromatic N) is 1. The average Bonchev–Trinajstić information content (AvgIpc) is 2.75. The summed E-state index contributed by atoms with van der Waals surface area (Å²) in [6.07, 6.45) is 0. The van der Waals surface area contributed by atoms with Crippen molar-refractivity contribution in [1.29, 1.82) is 0 Å². The number of amides is 2. The molecule has 0 aliphatic carbocycles. The van der Waals surface area contributed by atoms with Crippen LogP contribution < -0.4 is 11.1 Å². The Bertz CT molecular complexity index is 507. The number of rotatable bonds is 4. The molecule has 0 saturated carbocycles. The SMILES string of the molecule is Nc1ccc(C(=O)OCCN2CCNC2=O)c(Cl)c1. The highest BCUT2D eigenvalue weighted by Crippen LogP contribution is 2.19. The van der Waals surface area contributed by atoms with Crippen molar-refractivity contribution in [2.24, 2.45) is 0 Å². The smallest absolute Gasteiger partial charge is 0.339 e. The van der Waals surface area contributed by atoms with E-state index in [-0.39, 0.29) is 23.2 Å². The van der Waals surface area contributed by atoms with Gasteiger partial charge in [0.2, 0.25) is 0 Å². The molecule has 2 rings (SSSR count). The Morgan fingerprint density at radius 3 is 2.95 bits per heavy atom. The number of nitrogens with one attached hydrogen (secondary N) is 1. The monoisotopic (exact) mass is 283 g/mol. The van der Waals surface area contributed by atoms with Crippen molar-refractivity contribution in [3.05, 3.63) is 28.8 Å². The van der Waals surface area contributed by atoms with Gasteiger partial charge in [0.15, 0.2) is 0 Å². The number of urea groups is 1.